The van der Waals surface area contributed by atoms with E-state index in [2.05, 4.69) is 20.3 Å². The van der Waals surface area contributed by atoms with Gasteiger partial charge in [0, 0.05) is 12.3 Å². The molecule has 98 valence electrons. The van der Waals surface area contributed by atoms with Crippen LogP contribution in [0.2, 0.25) is 10.4 Å². The zero-order valence-corrected chi connectivity index (χ0v) is 11.2. The van der Waals surface area contributed by atoms with Gasteiger partial charge in [0.15, 0.2) is 0 Å². The normalized spacial score (nSPS) is 10.1. The van der Waals surface area contributed by atoms with Crippen molar-refractivity contribution in [3.05, 3.63) is 40.5 Å². The van der Waals surface area contributed by atoms with Gasteiger partial charge in [0.2, 0.25) is 5.28 Å². The Morgan fingerprint density at radius 2 is 2.16 bits per heavy atom. The maximum absolute atomic E-state index is 12.1. The molecule has 0 atom stereocenters. The summed E-state index contributed by atoms with van der Waals surface area (Å²) in [6.45, 7) is 0. The number of pyridine rings is 1. The van der Waals surface area contributed by atoms with Gasteiger partial charge in [0.05, 0.1) is 18.9 Å². The number of aromatic nitrogens is 3. The van der Waals surface area contributed by atoms with Gasteiger partial charge in [0.25, 0.3) is 5.91 Å². The lowest BCUT2D eigenvalue weighted by atomic mass is 10.2. The Kier molecular flexibility index (Phi) is 4.13. The molecule has 2 aromatic rings. The van der Waals surface area contributed by atoms with Crippen LogP contribution in [0.5, 0.6) is 5.75 Å². The van der Waals surface area contributed by atoms with E-state index in [0.717, 1.165) is 0 Å². The number of hydrogen-bond acceptors (Lipinski definition) is 5. The molecule has 2 heterocycles. The summed E-state index contributed by atoms with van der Waals surface area (Å²) in [4.78, 5) is 23.4. The van der Waals surface area contributed by atoms with E-state index in [1.807, 2.05) is 0 Å². The number of carbonyl (C=O) groups is 1. The van der Waals surface area contributed by atoms with Crippen LogP contribution in [0.1, 0.15) is 10.4 Å². The molecule has 2 rings (SSSR count). The predicted octanol–water partition coefficient (Wildman–Crippen LogP) is 2.44. The van der Waals surface area contributed by atoms with Crippen molar-refractivity contribution in [2.75, 3.05) is 12.4 Å². The van der Waals surface area contributed by atoms with Gasteiger partial charge < -0.3 is 10.1 Å². The average molecular weight is 299 g/mol. The summed E-state index contributed by atoms with van der Waals surface area (Å²) in [5.74, 6) is 0.144. The van der Waals surface area contributed by atoms with Gasteiger partial charge in [-0.2, -0.15) is 0 Å². The molecule has 0 spiro atoms. The van der Waals surface area contributed by atoms with Gasteiger partial charge in [-0.25, -0.2) is 9.97 Å². The maximum atomic E-state index is 12.1. The summed E-state index contributed by atoms with van der Waals surface area (Å²) in [7, 11) is 1.45. The van der Waals surface area contributed by atoms with Crippen molar-refractivity contribution in [1.82, 2.24) is 15.0 Å². The fraction of sp³-hybridized carbons (Fsp3) is 0.0909. The van der Waals surface area contributed by atoms with Gasteiger partial charge in [-0.3, -0.25) is 9.78 Å². The second-order valence-electron chi connectivity index (χ2n) is 3.38. The number of nitrogens with zero attached hydrogens (tertiary/aromatic N) is 3. The number of rotatable bonds is 3. The van der Waals surface area contributed by atoms with E-state index in [-0.39, 0.29) is 16.3 Å². The first-order valence-corrected chi connectivity index (χ1v) is 5.85. The standard InChI is InChI=1S/C11H8Cl2N4O2/c1-19-7-5-14-3-2-6(7)10(18)16-9-4-8(12)15-11(13)17-9/h2-5H,1H3,(H,15,16,17,18). The fourth-order valence-corrected chi connectivity index (χ4v) is 1.78. The fourth-order valence-electron chi connectivity index (χ4n) is 1.37. The first-order chi connectivity index (χ1) is 9.10. The number of nitrogens with one attached hydrogen (secondary N) is 1. The predicted molar refractivity (Wildman–Crippen MR) is 70.8 cm³/mol. The van der Waals surface area contributed by atoms with E-state index in [0.29, 0.717) is 11.3 Å². The Morgan fingerprint density at radius 1 is 1.37 bits per heavy atom. The molecule has 6 nitrogen and oxygen atoms in total. The molecule has 8 heteroatoms. The minimum absolute atomic E-state index is 0.0514. The molecule has 0 aromatic carbocycles. The van der Waals surface area contributed by atoms with Crippen molar-refractivity contribution in [3.8, 4) is 5.75 Å². The van der Waals surface area contributed by atoms with Gasteiger partial charge in [0.1, 0.15) is 16.7 Å². The van der Waals surface area contributed by atoms with Crippen LogP contribution in [0.4, 0.5) is 5.82 Å². The molecule has 19 heavy (non-hydrogen) atoms. The number of anilines is 1. The number of ether oxygens (including phenoxy) is 1. The van der Waals surface area contributed by atoms with Gasteiger partial charge >= 0.3 is 0 Å². The van der Waals surface area contributed by atoms with E-state index < -0.39 is 5.91 Å². The zero-order valence-electron chi connectivity index (χ0n) is 9.72. The summed E-state index contributed by atoms with van der Waals surface area (Å²) in [5.41, 5.74) is 0.323. The van der Waals surface area contributed by atoms with Crippen LogP contribution in [0, 0.1) is 0 Å². The van der Waals surface area contributed by atoms with Crippen LogP contribution in [0.15, 0.2) is 24.5 Å². The molecule has 0 saturated heterocycles. The summed E-state index contributed by atoms with van der Waals surface area (Å²) in [6, 6.07) is 2.91. The minimum atomic E-state index is -0.412. The second-order valence-corrected chi connectivity index (χ2v) is 4.10. The third-order valence-corrected chi connectivity index (χ3v) is 2.52. The number of hydrogen-bond donors (Lipinski definition) is 1. The van der Waals surface area contributed by atoms with E-state index in [1.165, 1.54) is 31.6 Å². The minimum Gasteiger partial charge on any atom is -0.494 e. The van der Waals surface area contributed by atoms with Crippen LogP contribution in [0.3, 0.4) is 0 Å². The quantitative estimate of drug-likeness (QED) is 0.695. The van der Waals surface area contributed by atoms with Crippen molar-refractivity contribution < 1.29 is 9.53 Å². The first kappa shape index (κ1) is 13.5. The van der Waals surface area contributed by atoms with Crippen LogP contribution < -0.4 is 10.1 Å². The van der Waals surface area contributed by atoms with Crippen LogP contribution >= 0.6 is 23.2 Å². The van der Waals surface area contributed by atoms with Crippen molar-refractivity contribution in [2.45, 2.75) is 0 Å². The second kappa shape index (κ2) is 5.81. The number of amides is 1. The molecule has 0 radical (unpaired) electrons. The molecule has 0 fully saturated rings. The van der Waals surface area contributed by atoms with Crippen LogP contribution in [-0.2, 0) is 0 Å². The molecule has 0 aliphatic heterocycles. The number of methoxy groups -OCH3 is 1. The van der Waals surface area contributed by atoms with E-state index >= 15 is 0 Å². The van der Waals surface area contributed by atoms with Gasteiger partial charge in [-0.15, -0.1) is 0 Å². The first-order valence-electron chi connectivity index (χ1n) is 5.09. The van der Waals surface area contributed by atoms with E-state index in [1.54, 1.807) is 0 Å². The molecular weight excluding hydrogens is 291 g/mol. The molecule has 1 N–H and O–H groups in total. The summed E-state index contributed by atoms with van der Waals surface area (Å²) >= 11 is 11.4. The monoisotopic (exact) mass is 298 g/mol. The molecule has 0 saturated carbocycles. The third kappa shape index (κ3) is 3.30. The molecule has 1 amide bonds. The van der Waals surface area contributed by atoms with Crippen molar-refractivity contribution in [3.63, 3.8) is 0 Å². The Labute approximate surface area is 118 Å². The zero-order chi connectivity index (χ0) is 13.8. The molecular formula is C11H8Cl2N4O2. The number of carbonyl (C=O) groups excluding carboxylic acids is 1. The van der Waals surface area contributed by atoms with Crippen LogP contribution in [0.25, 0.3) is 0 Å². The van der Waals surface area contributed by atoms with Crippen molar-refractivity contribution >= 4 is 34.9 Å². The highest BCUT2D eigenvalue weighted by Crippen LogP contribution is 2.19. The van der Waals surface area contributed by atoms with Gasteiger partial charge in [-0.1, -0.05) is 11.6 Å². The largest absolute Gasteiger partial charge is 0.494 e. The average Bonchev–Trinajstić information content (AvgIpc) is 2.37. The summed E-state index contributed by atoms with van der Waals surface area (Å²) in [5, 5.41) is 2.63. The van der Waals surface area contributed by atoms with Crippen LogP contribution in [-0.4, -0.2) is 28.0 Å². The molecule has 0 unspecified atom stereocenters. The highest BCUT2D eigenvalue weighted by atomic mass is 35.5. The number of halogens is 2. The molecule has 0 aliphatic carbocycles. The summed E-state index contributed by atoms with van der Waals surface area (Å²) in [6.07, 6.45) is 2.92. The van der Waals surface area contributed by atoms with Crippen molar-refractivity contribution in [1.29, 1.82) is 0 Å². The van der Waals surface area contributed by atoms with E-state index in [4.69, 9.17) is 27.9 Å². The Hall–Kier alpha value is -1.92. The highest BCUT2D eigenvalue weighted by molar-refractivity contribution is 6.32. The lowest BCUT2D eigenvalue weighted by Crippen LogP contribution is -2.14. The highest BCUT2D eigenvalue weighted by Gasteiger charge is 2.13. The SMILES string of the molecule is COc1cnccc1C(=O)Nc1cc(Cl)nc(Cl)n1. The Morgan fingerprint density at radius 3 is 2.84 bits per heavy atom. The van der Waals surface area contributed by atoms with Gasteiger partial charge in [-0.05, 0) is 17.7 Å². The topological polar surface area (TPSA) is 77.0 Å². The third-order valence-electron chi connectivity index (χ3n) is 2.16. The lowest BCUT2D eigenvalue weighted by molar-refractivity contribution is 0.102. The molecule has 0 aliphatic rings. The lowest BCUT2D eigenvalue weighted by Gasteiger charge is -2.08. The Bertz CT molecular complexity index is 601. The summed E-state index contributed by atoms with van der Waals surface area (Å²) < 4.78 is 5.04. The Balaban J connectivity index is 2.25. The van der Waals surface area contributed by atoms with Crippen molar-refractivity contribution in [2.24, 2.45) is 0 Å². The molecule has 2 aromatic heterocycles. The molecule has 0 bridgehead atoms. The van der Waals surface area contributed by atoms with E-state index in [9.17, 15) is 4.79 Å². The smallest absolute Gasteiger partial charge is 0.260 e. The maximum Gasteiger partial charge on any atom is 0.260 e.